The monoisotopic (exact) mass is 334 g/mol. The zero-order valence-electron chi connectivity index (χ0n) is 11.1. The van der Waals surface area contributed by atoms with Crippen molar-refractivity contribution in [3.8, 4) is 0 Å². The SMILES string of the molecule is Nc1ccc2c(c1)CCCN2Cc1ccc(F)cc1Br. The highest BCUT2D eigenvalue weighted by atomic mass is 79.9. The molecule has 0 amide bonds. The Hall–Kier alpha value is -1.55. The third-order valence-electron chi connectivity index (χ3n) is 3.69. The van der Waals surface area contributed by atoms with Crippen molar-refractivity contribution in [3.63, 3.8) is 0 Å². The Bertz CT molecular complexity index is 642. The van der Waals surface area contributed by atoms with Crippen LogP contribution in [0.2, 0.25) is 0 Å². The molecule has 0 fully saturated rings. The number of hydrogen-bond donors (Lipinski definition) is 1. The second-order valence-corrected chi connectivity index (χ2v) is 6.00. The Morgan fingerprint density at radius 2 is 2.05 bits per heavy atom. The maximum Gasteiger partial charge on any atom is 0.124 e. The van der Waals surface area contributed by atoms with Crippen molar-refractivity contribution >= 4 is 27.3 Å². The molecule has 2 aromatic carbocycles. The van der Waals surface area contributed by atoms with Crippen LogP contribution in [0.4, 0.5) is 15.8 Å². The maximum absolute atomic E-state index is 13.2. The molecule has 4 heteroatoms. The predicted octanol–water partition coefficient (Wildman–Crippen LogP) is 4.12. The van der Waals surface area contributed by atoms with E-state index in [2.05, 4.69) is 33.0 Å². The molecule has 20 heavy (non-hydrogen) atoms. The van der Waals surface area contributed by atoms with Crippen molar-refractivity contribution < 1.29 is 4.39 Å². The number of aryl methyl sites for hydroxylation is 1. The van der Waals surface area contributed by atoms with Crippen molar-refractivity contribution in [2.45, 2.75) is 19.4 Å². The van der Waals surface area contributed by atoms with E-state index >= 15 is 0 Å². The first kappa shape index (κ1) is 13.4. The average Bonchev–Trinajstić information content (AvgIpc) is 2.41. The molecule has 1 aliphatic rings. The molecule has 3 rings (SSSR count). The Morgan fingerprint density at radius 1 is 1.20 bits per heavy atom. The highest BCUT2D eigenvalue weighted by molar-refractivity contribution is 9.10. The van der Waals surface area contributed by atoms with Crippen LogP contribution in [0.1, 0.15) is 17.5 Å². The van der Waals surface area contributed by atoms with Crippen LogP contribution in [-0.4, -0.2) is 6.54 Å². The van der Waals surface area contributed by atoms with E-state index in [9.17, 15) is 4.39 Å². The molecule has 0 atom stereocenters. The third kappa shape index (κ3) is 2.66. The summed E-state index contributed by atoms with van der Waals surface area (Å²) in [5.41, 5.74) is 10.3. The fourth-order valence-corrected chi connectivity index (χ4v) is 3.19. The number of rotatable bonds is 2. The first-order valence-corrected chi connectivity index (χ1v) is 7.50. The van der Waals surface area contributed by atoms with Crippen LogP contribution < -0.4 is 10.6 Å². The molecule has 0 aliphatic carbocycles. The molecule has 2 N–H and O–H groups in total. The van der Waals surface area contributed by atoms with Gasteiger partial charge in [-0.15, -0.1) is 0 Å². The standard InChI is InChI=1S/C16H16BrFN2/c17-15-9-13(18)4-3-12(15)10-20-7-1-2-11-8-14(19)5-6-16(11)20/h3-6,8-9H,1-2,7,10,19H2. The lowest BCUT2D eigenvalue weighted by Crippen LogP contribution is -2.29. The minimum absolute atomic E-state index is 0.215. The number of nitrogens with zero attached hydrogens (tertiary/aromatic N) is 1. The lowest BCUT2D eigenvalue weighted by atomic mass is 10.0. The van der Waals surface area contributed by atoms with Crippen molar-refractivity contribution in [2.75, 3.05) is 17.2 Å². The van der Waals surface area contributed by atoms with Crippen LogP contribution in [0.15, 0.2) is 40.9 Å². The first-order chi connectivity index (χ1) is 9.63. The summed E-state index contributed by atoms with van der Waals surface area (Å²) >= 11 is 3.44. The summed E-state index contributed by atoms with van der Waals surface area (Å²) in [7, 11) is 0. The van der Waals surface area contributed by atoms with E-state index in [1.54, 1.807) is 0 Å². The van der Waals surface area contributed by atoms with E-state index in [-0.39, 0.29) is 5.82 Å². The molecule has 104 valence electrons. The van der Waals surface area contributed by atoms with Crippen LogP contribution in [0.25, 0.3) is 0 Å². The van der Waals surface area contributed by atoms with Crippen LogP contribution in [0.3, 0.4) is 0 Å². The van der Waals surface area contributed by atoms with Crippen molar-refractivity contribution in [3.05, 3.63) is 57.8 Å². The lowest BCUT2D eigenvalue weighted by molar-refractivity contribution is 0.624. The van der Waals surface area contributed by atoms with Gasteiger partial charge in [-0.05, 0) is 54.3 Å². The quantitative estimate of drug-likeness (QED) is 0.837. The lowest BCUT2D eigenvalue weighted by Gasteiger charge is -2.32. The molecule has 0 aromatic heterocycles. The normalized spacial score (nSPS) is 14.2. The summed E-state index contributed by atoms with van der Waals surface area (Å²) in [4.78, 5) is 2.33. The highest BCUT2D eigenvalue weighted by Crippen LogP contribution is 2.31. The van der Waals surface area contributed by atoms with Crippen molar-refractivity contribution in [2.24, 2.45) is 0 Å². The van der Waals surface area contributed by atoms with E-state index in [0.717, 1.165) is 41.7 Å². The minimum atomic E-state index is -0.215. The number of nitrogen functional groups attached to an aromatic ring is 1. The first-order valence-electron chi connectivity index (χ1n) is 6.71. The summed E-state index contributed by atoms with van der Waals surface area (Å²) in [5, 5.41) is 0. The van der Waals surface area contributed by atoms with E-state index < -0.39 is 0 Å². The van der Waals surface area contributed by atoms with E-state index in [1.165, 1.54) is 23.4 Å². The topological polar surface area (TPSA) is 29.3 Å². The van der Waals surface area contributed by atoms with E-state index in [1.807, 2.05) is 12.1 Å². The maximum atomic E-state index is 13.2. The summed E-state index contributed by atoms with van der Waals surface area (Å²) in [6.45, 7) is 1.79. The highest BCUT2D eigenvalue weighted by Gasteiger charge is 2.18. The van der Waals surface area contributed by atoms with Gasteiger partial charge in [-0.3, -0.25) is 0 Å². The minimum Gasteiger partial charge on any atom is -0.399 e. The molecule has 2 aromatic rings. The fraction of sp³-hybridized carbons (Fsp3) is 0.250. The number of hydrogen-bond acceptors (Lipinski definition) is 2. The van der Waals surface area contributed by atoms with Gasteiger partial charge in [-0.1, -0.05) is 22.0 Å². The van der Waals surface area contributed by atoms with Crippen molar-refractivity contribution in [1.82, 2.24) is 0 Å². The molecule has 0 spiro atoms. The number of fused-ring (bicyclic) bond motifs is 1. The van der Waals surface area contributed by atoms with Gasteiger partial charge in [0, 0.05) is 28.9 Å². The zero-order chi connectivity index (χ0) is 14.1. The smallest absolute Gasteiger partial charge is 0.124 e. The van der Waals surface area contributed by atoms with E-state index in [4.69, 9.17) is 5.73 Å². The molecule has 0 saturated carbocycles. The summed E-state index contributed by atoms with van der Waals surface area (Å²) < 4.78 is 14.0. The summed E-state index contributed by atoms with van der Waals surface area (Å²) in [5.74, 6) is -0.215. The molecular weight excluding hydrogens is 319 g/mol. The van der Waals surface area contributed by atoms with Crippen LogP contribution in [0.5, 0.6) is 0 Å². The molecule has 0 saturated heterocycles. The largest absolute Gasteiger partial charge is 0.399 e. The third-order valence-corrected chi connectivity index (χ3v) is 4.43. The number of anilines is 2. The molecule has 0 bridgehead atoms. The molecule has 0 unspecified atom stereocenters. The molecular formula is C16H16BrFN2. The van der Waals surface area contributed by atoms with Gasteiger partial charge < -0.3 is 10.6 Å². The van der Waals surface area contributed by atoms with Crippen molar-refractivity contribution in [1.29, 1.82) is 0 Å². The van der Waals surface area contributed by atoms with Gasteiger partial charge in [0.15, 0.2) is 0 Å². The Balaban J connectivity index is 1.89. The molecule has 1 aliphatic heterocycles. The van der Waals surface area contributed by atoms with Crippen LogP contribution >= 0.6 is 15.9 Å². The fourth-order valence-electron chi connectivity index (χ4n) is 2.71. The van der Waals surface area contributed by atoms with Gasteiger partial charge in [-0.2, -0.15) is 0 Å². The second kappa shape index (κ2) is 5.44. The molecule has 1 heterocycles. The number of halogens is 2. The molecule has 2 nitrogen and oxygen atoms in total. The van der Waals surface area contributed by atoms with Crippen LogP contribution in [0, 0.1) is 5.82 Å². The second-order valence-electron chi connectivity index (χ2n) is 5.15. The van der Waals surface area contributed by atoms with Gasteiger partial charge in [-0.25, -0.2) is 4.39 Å². The Kier molecular flexibility index (Phi) is 3.66. The Labute approximate surface area is 126 Å². The number of nitrogens with two attached hydrogens (primary N) is 1. The zero-order valence-corrected chi connectivity index (χ0v) is 12.7. The predicted molar refractivity (Wildman–Crippen MR) is 84.3 cm³/mol. The van der Waals surface area contributed by atoms with Gasteiger partial charge in [0.1, 0.15) is 5.82 Å². The van der Waals surface area contributed by atoms with Gasteiger partial charge in [0.2, 0.25) is 0 Å². The Morgan fingerprint density at radius 3 is 2.85 bits per heavy atom. The van der Waals surface area contributed by atoms with Gasteiger partial charge in [0.25, 0.3) is 0 Å². The van der Waals surface area contributed by atoms with Crippen LogP contribution in [-0.2, 0) is 13.0 Å². The average molecular weight is 335 g/mol. The summed E-state index contributed by atoms with van der Waals surface area (Å²) in [6.07, 6.45) is 2.19. The number of benzene rings is 2. The van der Waals surface area contributed by atoms with Gasteiger partial charge in [0.05, 0.1) is 0 Å². The summed E-state index contributed by atoms with van der Waals surface area (Å²) in [6, 6.07) is 10.9. The van der Waals surface area contributed by atoms with Gasteiger partial charge >= 0.3 is 0 Å². The molecule has 0 radical (unpaired) electrons. The van der Waals surface area contributed by atoms with E-state index in [0.29, 0.717) is 0 Å².